The SMILES string of the molecule is Cn1ncc(C(=O)NCC2CCOC2)c1-n1cccc1. The molecule has 0 spiro atoms. The van der Waals surface area contributed by atoms with Crippen LogP contribution in [0.3, 0.4) is 0 Å². The number of rotatable bonds is 4. The van der Waals surface area contributed by atoms with Gasteiger partial charge >= 0.3 is 0 Å². The standard InChI is InChI=1S/C14H18N4O2/c1-17-14(18-5-2-3-6-18)12(9-16-17)13(19)15-8-11-4-7-20-10-11/h2-3,5-6,9,11H,4,7-8,10H2,1H3,(H,15,19). The second kappa shape index (κ2) is 5.50. The highest BCUT2D eigenvalue weighted by molar-refractivity contribution is 5.97. The Kier molecular flexibility index (Phi) is 3.56. The molecule has 0 radical (unpaired) electrons. The van der Waals surface area contributed by atoms with Crippen molar-refractivity contribution in [3.63, 3.8) is 0 Å². The summed E-state index contributed by atoms with van der Waals surface area (Å²) in [6.07, 6.45) is 6.42. The third-order valence-electron chi connectivity index (χ3n) is 3.58. The zero-order valence-corrected chi connectivity index (χ0v) is 11.5. The van der Waals surface area contributed by atoms with Gasteiger partial charge in [0.25, 0.3) is 5.91 Å². The molecule has 0 bridgehead atoms. The van der Waals surface area contributed by atoms with E-state index in [1.165, 1.54) is 0 Å². The third-order valence-corrected chi connectivity index (χ3v) is 3.58. The van der Waals surface area contributed by atoms with E-state index >= 15 is 0 Å². The predicted molar refractivity (Wildman–Crippen MR) is 73.8 cm³/mol. The van der Waals surface area contributed by atoms with Crippen LogP contribution >= 0.6 is 0 Å². The molecule has 0 saturated carbocycles. The summed E-state index contributed by atoms with van der Waals surface area (Å²) in [4.78, 5) is 12.3. The van der Waals surface area contributed by atoms with Crippen molar-refractivity contribution in [1.82, 2.24) is 19.7 Å². The van der Waals surface area contributed by atoms with Crippen LogP contribution in [0.4, 0.5) is 0 Å². The first-order chi connectivity index (χ1) is 9.75. The fraction of sp³-hybridized carbons (Fsp3) is 0.429. The van der Waals surface area contributed by atoms with E-state index in [1.54, 1.807) is 10.9 Å². The number of amides is 1. The van der Waals surface area contributed by atoms with Gasteiger partial charge in [0.15, 0.2) is 0 Å². The molecule has 3 heterocycles. The summed E-state index contributed by atoms with van der Waals surface area (Å²) >= 11 is 0. The molecule has 1 atom stereocenters. The quantitative estimate of drug-likeness (QED) is 0.904. The minimum atomic E-state index is -0.0892. The largest absolute Gasteiger partial charge is 0.381 e. The number of ether oxygens (including phenoxy) is 1. The summed E-state index contributed by atoms with van der Waals surface area (Å²) in [5, 5.41) is 7.15. The Morgan fingerprint density at radius 3 is 3.00 bits per heavy atom. The topological polar surface area (TPSA) is 61.1 Å². The van der Waals surface area contributed by atoms with Crippen LogP contribution < -0.4 is 5.32 Å². The van der Waals surface area contributed by atoms with Crippen LogP contribution in [0.5, 0.6) is 0 Å². The van der Waals surface area contributed by atoms with Crippen molar-refractivity contribution < 1.29 is 9.53 Å². The van der Waals surface area contributed by atoms with Gasteiger partial charge in [-0.05, 0) is 18.6 Å². The Balaban J connectivity index is 1.74. The van der Waals surface area contributed by atoms with Gasteiger partial charge in [-0.15, -0.1) is 0 Å². The van der Waals surface area contributed by atoms with Gasteiger partial charge in [0.1, 0.15) is 11.4 Å². The van der Waals surface area contributed by atoms with Crippen molar-refractivity contribution in [2.24, 2.45) is 13.0 Å². The summed E-state index contributed by atoms with van der Waals surface area (Å²) < 4.78 is 8.90. The molecule has 3 rings (SSSR count). The molecule has 1 N–H and O–H groups in total. The van der Waals surface area contributed by atoms with Gasteiger partial charge in [0.05, 0.1) is 12.8 Å². The van der Waals surface area contributed by atoms with Crippen molar-refractivity contribution in [2.75, 3.05) is 19.8 Å². The van der Waals surface area contributed by atoms with E-state index in [2.05, 4.69) is 10.4 Å². The first-order valence-corrected chi connectivity index (χ1v) is 6.77. The van der Waals surface area contributed by atoms with Crippen molar-refractivity contribution in [3.8, 4) is 5.82 Å². The first-order valence-electron chi connectivity index (χ1n) is 6.77. The van der Waals surface area contributed by atoms with Crippen LogP contribution in [0, 0.1) is 5.92 Å². The molecule has 1 aliphatic heterocycles. The molecule has 6 nitrogen and oxygen atoms in total. The van der Waals surface area contributed by atoms with Gasteiger partial charge in [-0.1, -0.05) is 0 Å². The Labute approximate surface area is 117 Å². The molecular formula is C14H18N4O2. The number of nitrogens with one attached hydrogen (secondary N) is 1. The summed E-state index contributed by atoms with van der Waals surface area (Å²) in [6, 6.07) is 3.84. The third kappa shape index (κ3) is 2.46. The van der Waals surface area contributed by atoms with Crippen LogP contribution in [0.2, 0.25) is 0 Å². The Hall–Kier alpha value is -2.08. The van der Waals surface area contributed by atoms with Gasteiger partial charge < -0.3 is 14.6 Å². The normalized spacial score (nSPS) is 18.4. The maximum atomic E-state index is 12.3. The zero-order valence-electron chi connectivity index (χ0n) is 11.5. The maximum Gasteiger partial charge on any atom is 0.256 e. The maximum absolute atomic E-state index is 12.3. The number of aryl methyl sites for hydroxylation is 1. The van der Waals surface area contributed by atoms with Gasteiger partial charge in [0.2, 0.25) is 0 Å². The molecule has 2 aromatic heterocycles. The highest BCUT2D eigenvalue weighted by Crippen LogP contribution is 2.15. The summed E-state index contributed by atoms with van der Waals surface area (Å²) in [7, 11) is 1.83. The lowest BCUT2D eigenvalue weighted by Crippen LogP contribution is -2.30. The summed E-state index contributed by atoms with van der Waals surface area (Å²) in [5.74, 6) is 1.11. The molecule has 1 saturated heterocycles. The van der Waals surface area contributed by atoms with Crippen molar-refractivity contribution in [3.05, 3.63) is 36.3 Å². The van der Waals surface area contributed by atoms with E-state index in [0.717, 1.165) is 25.5 Å². The van der Waals surface area contributed by atoms with Crippen molar-refractivity contribution >= 4 is 5.91 Å². The minimum Gasteiger partial charge on any atom is -0.381 e. The van der Waals surface area contributed by atoms with E-state index in [0.29, 0.717) is 18.0 Å². The molecule has 0 aromatic carbocycles. The van der Waals surface area contributed by atoms with Crippen LogP contribution in [-0.2, 0) is 11.8 Å². The lowest BCUT2D eigenvalue weighted by Gasteiger charge is -2.10. The molecule has 1 aliphatic rings. The van der Waals surface area contributed by atoms with E-state index < -0.39 is 0 Å². The number of aromatic nitrogens is 3. The molecule has 1 unspecified atom stereocenters. The number of hydrogen-bond acceptors (Lipinski definition) is 3. The van der Waals surface area contributed by atoms with E-state index in [9.17, 15) is 4.79 Å². The zero-order chi connectivity index (χ0) is 13.9. The van der Waals surface area contributed by atoms with Crippen molar-refractivity contribution in [1.29, 1.82) is 0 Å². The van der Waals surface area contributed by atoms with Gasteiger partial charge in [-0.3, -0.25) is 9.48 Å². The van der Waals surface area contributed by atoms with E-state index in [4.69, 9.17) is 4.74 Å². The number of carbonyl (C=O) groups is 1. The molecule has 1 fully saturated rings. The highest BCUT2D eigenvalue weighted by Gasteiger charge is 2.20. The number of nitrogens with zero attached hydrogens (tertiary/aromatic N) is 3. The molecule has 106 valence electrons. The number of hydrogen-bond donors (Lipinski definition) is 1. The molecule has 20 heavy (non-hydrogen) atoms. The lowest BCUT2D eigenvalue weighted by molar-refractivity contribution is 0.0945. The molecule has 6 heteroatoms. The second-order valence-electron chi connectivity index (χ2n) is 5.04. The fourth-order valence-electron chi connectivity index (χ4n) is 2.45. The molecular weight excluding hydrogens is 256 g/mol. The average molecular weight is 274 g/mol. The predicted octanol–water partition coefficient (Wildman–Crippen LogP) is 0.977. The summed E-state index contributed by atoms with van der Waals surface area (Å²) in [5.41, 5.74) is 0.586. The Morgan fingerprint density at radius 1 is 1.50 bits per heavy atom. The van der Waals surface area contributed by atoms with Crippen LogP contribution in [0.15, 0.2) is 30.7 Å². The highest BCUT2D eigenvalue weighted by atomic mass is 16.5. The van der Waals surface area contributed by atoms with Crippen LogP contribution in [0.25, 0.3) is 5.82 Å². The van der Waals surface area contributed by atoms with Gasteiger partial charge in [-0.25, -0.2) is 0 Å². The van der Waals surface area contributed by atoms with Gasteiger partial charge in [0, 0.05) is 38.5 Å². The molecule has 2 aromatic rings. The van der Waals surface area contributed by atoms with E-state index in [-0.39, 0.29) is 5.91 Å². The lowest BCUT2D eigenvalue weighted by atomic mass is 10.1. The Morgan fingerprint density at radius 2 is 2.30 bits per heavy atom. The Bertz CT molecular complexity index is 582. The average Bonchev–Trinajstić information content (AvgIpc) is 3.17. The summed E-state index contributed by atoms with van der Waals surface area (Å²) in [6.45, 7) is 2.18. The van der Waals surface area contributed by atoms with Gasteiger partial charge in [-0.2, -0.15) is 5.10 Å². The first kappa shape index (κ1) is 12.9. The number of carbonyl (C=O) groups excluding carboxylic acids is 1. The second-order valence-corrected chi connectivity index (χ2v) is 5.04. The monoisotopic (exact) mass is 274 g/mol. The fourth-order valence-corrected chi connectivity index (χ4v) is 2.45. The minimum absolute atomic E-state index is 0.0892. The smallest absolute Gasteiger partial charge is 0.256 e. The van der Waals surface area contributed by atoms with Crippen LogP contribution in [-0.4, -0.2) is 40.0 Å². The van der Waals surface area contributed by atoms with Crippen LogP contribution in [0.1, 0.15) is 16.8 Å². The molecule has 1 amide bonds. The van der Waals surface area contributed by atoms with E-state index in [1.807, 2.05) is 36.1 Å². The molecule has 0 aliphatic carbocycles. The van der Waals surface area contributed by atoms with Crippen molar-refractivity contribution in [2.45, 2.75) is 6.42 Å².